The summed E-state index contributed by atoms with van der Waals surface area (Å²) in [6.07, 6.45) is 7.01. The van der Waals surface area contributed by atoms with Crippen LogP contribution in [0.3, 0.4) is 0 Å². The molecule has 0 radical (unpaired) electrons. The Morgan fingerprint density at radius 1 is 1.22 bits per heavy atom. The minimum atomic E-state index is -0.0582. The van der Waals surface area contributed by atoms with E-state index in [4.69, 9.17) is 0 Å². The average molecular weight is 355 g/mol. The van der Waals surface area contributed by atoms with Gasteiger partial charge in [-0.15, -0.1) is 24.2 Å². The van der Waals surface area contributed by atoms with E-state index in [0.717, 1.165) is 37.4 Å². The van der Waals surface area contributed by atoms with Crippen molar-refractivity contribution in [2.45, 2.75) is 37.0 Å². The van der Waals surface area contributed by atoms with Gasteiger partial charge in [0.15, 0.2) is 0 Å². The zero-order valence-electron chi connectivity index (χ0n) is 13.7. The largest absolute Gasteiger partial charge is 0.341 e. The highest BCUT2D eigenvalue weighted by Gasteiger charge is 2.29. The van der Waals surface area contributed by atoms with Crippen molar-refractivity contribution < 1.29 is 4.79 Å². The Kier molecular flexibility index (Phi) is 7.25. The maximum Gasteiger partial charge on any atom is 0.240 e. The highest BCUT2D eigenvalue weighted by atomic mass is 35.5. The monoisotopic (exact) mass is 354 g/mol. The number of benzene rings is 1. The quantitative estimate of drug-likeness (QED) is 0.848. The molecular weight excluding hydrogens is 328 g/mol. The number of nitrogens with zero attached hydrogens (tertiary/aromatic N) is 1. The second kappa shape index (κ2) is 8.95. The van der Waals surface area contributed by atoms with Gasteiger partial charge in [0.2, 0.25) is 5.91 Å². The topological polar surface area (TPSA) is 32.3 Å². The van der Waals surface area contributed by atoms with Gasteiger partial charge >= 0.3 is 0 Å². The third-order valence-corrected chi connectivity index (χ3v) is 5.71. The second-order valence-electron chi connectivity index (χ2n) is 6.48. The molecule has 0 aromatic heterocycles. The molecule has 3 rings (SSSR count). The first-order valence-electron chi connectivity index (χ1n) is 8.38. The van der Waals surface area contributed by atoms with Crippen molar-refractivity contribution in [1.29, 1.82) is 0 Å². The molecule has 5 heteroatoms. The smallest absolute Gasteiger partial charge is 0.240 e. The highest BCUT2D eigenvalue weighted by molar-refractivity contribution is 7.99. The molecule has 1 unspecified atom stereocenters. The van der Waals surface area contributed by atoms with Gasteiger partial charge in [-0.3, -0.25) is 4.79 Å². The van der Waals surface area contributed by atoms with E-state index in [0.29, 0.717) is 6.04 Å². The van der Waals surface area contributed by atoms with Crippen LogP contribution < -0.4 is 5.32 Å². The molecule has 1 aliphatic heterocycles. The van der Waals surface area contributed by atoms with Crippen molar-refractivity contribution in [1.82, 2.24) is 10.2 Å². The third kappa shape index (κ3) is 5.13. The molecule has 2 fully saturated rings. The van der Waals surface area contributed by atoms with E-state index in [1.807, 2.05) is 24.5 Å². The number of thioether (sulfide) groups is 1. The number of likely N-dealkylation sites (tertiary alicyclic amines) is 1. The van der Waals surface area contributed by atoms with E-state index >= 15 is 0 Å². The summed E-state index contributed by atoms with van der Waals surface area (Å²) < 4.78 is 0. The summed E-state index contributed by atoms with van der Waals surface area (Å²) in [5, 5.41) is 3.62. The van der Waals surface area contributed by atoms with Crippen molar-refractivity contribution >= 4 is 30.1 Å². The predicted octanol–water partition coefficient (Wildman–Crippen LogP) is 3.50. The molecule has 1 aromatic carbocycles. The highest BCUT2D eigenvalue weighted by Crippen LogP contribution is 2.30. The lowest BCUT2D eigenvalue weighted by Crippen LogP contribution is -2.46. The fourth-order valence-corrected chi connectivity index (χ4v) is 3.91. The third-order valence-electron chi connectivity index (χ3n) is 4.76. The molecule has 2 aliphatic rings. The van der Waals surface area contributed by atoms with Gasteiger partial charge in [-0.05, 0) is 50.0 Å². The van der Waals surface area contributed by atoms with Crippen LogP contribution in [0.1, 0.15) is 36.5 Å². The summed E-state index contributed by atoms with van der Waals surface area (Å²) in [5.74, 6) is 1.21. The Balaban J connectivity index is 0.00000192. The van der Waals surface area contributed by atoms with Crippen LogP contribution in [0.25, 0.3) is 0 Å². The van der Waals surface area contributed by atoms with E-state index in [9.17, 15) is 4.79 Å². The number of nitrogens with one attached hydrogen (secondary N) is 1. The number of hydrogen-bond donors (Lipinski definition) is 1. The number of piperidine rings is 1. The zero-order chi connectivity index (χ0) is 15.4. The van der Waals surface area contributed by atoms with E-state index < -0.39 is 0 Å². The molecule has 1 aromatic rings. The van der Waals surface area contributed by atoms with Gasteiger partial charge in [0.1, 0.15) is 5.25 Å². The van der Waals surface area contributed by atoms with E-state index in [-0.39, 0.29) is 23.6 Å². The van der Waals surface area contributed by atoms with Gasteiger partial charge in [-0.25, -0.2) is 0 Å². The summed E-state index contributed by atoms with van der Waals surface area (Å²) in [6.45, 7) is 2.96. The van der Waals surface area contributed by atoms with Crippen molar-refractivity contribution in [2.24, 2.45) is 5.92 Å². The van der Waals surface area contributed by atoms with Crippen molar-refractivity contribution in [3.63, 3.8) is 0 Å². The fraction of sp³-hybridized carbons (Fsp3) is 0.611. The summed E-state index contributed by atoms with van der Waals surface area (Å²) in [6, 6.07) is 10.8. The number of carbonyl (C=O) groups is 1. The molecule has 0 bridgehead atoms. The molecule has 1 N–H and O–H groups in total. The molecule has 1 heterocycles. The number of hydrogen-bond acceptors (Lipinski definition) is 3. The first-order valence-corrected chi connectivity index (χ1v) is 9.66. The molecule has 1 amide bonds. The second-order valence-corrected chi connectivity index (χ2v) is 7.42. The Morgan fingerprint density at radius 2 is 1.87 bits per heavy atom. The summed E-state index contributed by atoms with van der Waals surface area (Å²) >= 11 is 1.64. The van der Waals surface area contributed by atoms with Crippen LogP contribution in [-0.4, -0.2) is 42.7 Å². The Labute approximate surface area is 150 Å². The van der Waals surface area contributed by atoms with Crippen LogP contribution in [0.4, 0.5) is 0 Å². The lowest BCUT2D eigenvalue weighted by molar-refractivity contribution is -0.131. The van der Waals surface area contributed by atoms with Crippen LogP contribution in [0, 0.1) is 5.92 Å². The molecule has 23 heavy (non-hydrogen) atoms. The van der Waals surface area contributed by atoms with Crippen LogP contribution in [0.2, 0.25) is 0 Å². The van der Waals surface area contributed by atoms with Gasteiger partial charge in [0.05, 0.1) is 0 Å². The molecule has 128 valence electrons. The minimum absolute atomic E-state index is 0. The molecule has 1 atom stereocenters. The molecule has 1 aliphatic carbocycles. The van der Waals surface area contributed by atoms with E-state index in [1.54, 1.807) is 11.8 Å². The lowest BCUT2D eigenvalue weighted by atomic mass is 10.0. The first-order chi connectivity index (χ1) is 10.8. The average Bonchev–Trinajstić information content (AvgIpc) is 3.39. The fourth-order valence-electron chi connectivity index (χ4n) is 3.13. The van der Waals surface area contributed by atoms with Gasteiger partial charge < -0.3 is 10.2 Å². The summed E-state index contributed by atoms with van der Waals surface area (Å²) in [4.78, 5) is 14.9. The van der Waals surface area contributed by atoms with Gasteiger partial charge in [-0.2, -0.15) is 0 Å². The Hall–Kier alpha value is -0.710. The molecule has 1 saturated heterocycles. The van der Waals surface area contributed by atoms with Crippen LogP contribution in [0.15, 0.2) is 30.3 Å². The van der Waals surface area contributed by atoms with E-state index in [1.165, 1.54) is 19.4 Å². The molecule has 3 nitrogen and oxygen atoms in total. The van der Waals surface area contributed by atoms with Crippen LogP contribution in [0.5, 0.6) is 0 Å². The van der Waals surface area contributed by atoms with Gasteiger partial charge in [0.25, 0.3) is 0 Å². The minimum Gasteiger partial charge on any atom is -0.341 e. The van der Waals surface area contributed by atoms with Crippen LogP contribution in [-0.2, 0) is 4.79 Å². The normalized spacial score (nSPS) is 20.0. The molecular formula is C18H27ClN2OS. The number of halogens is 1. The predicted molar refractivity (Wildman–Crippen MR) is 100 cm³/mol. The standard InChI is InChI=1S/C18H26N2OS.ClH/c1-22-17(15-5-3-2-4-6-15)18(21)20-11-9-16(10-12-20)19-13-14-7-8-14;/h2-6,14,16-17,19H,7-13H2,1H3;1H. The lowest BCUT2D eigenvalue weighted by Gasteiger charge is -2.34. The number of carbonyl (C=O) groups excluding carboxylic acids is 1. The zero-order valence-corrected chi connectivity index (χ0v) is 15.4. The molecule has 0 spiro atoms. The Morgan fingerprint density at radius 3 is 2.43 bits per heavy atom. The summed E-state index contributed by atoms with van der Waals surface area (Å²) in [5.41, 5.74) is 1.12. The SMILES string of the molecule is CSC(C(=O)N1CCC(NCC2CC2)CC1)c1ccccc1.Cl. The van der Waals surface area contributed by atoms with Gasteiger partial charge in [-0.1, -0.05) is 30.3 Å². The summed E-state index contributed by atoms with van der Waals surface area (Å²) in [7, 11) is 0. The van der Waals surface area contributed by atoms with Crippen molar-refractivity contribution in [3.05, 3.63) is 35.9 Å². The van der Waals surface area contributed by atoms with Crippen molar-refractivity contribution in [3.8, 4) is 0 Å². The van der Waals surface area contributed by atoms with Crippen LogP contribution >= 0.6 is 24.2 Å². The maximum atomic E-state index is 12.8. The number of rotatable bonds is 6. The van der Waals surface area contributed by atoms with Gasteiger partial charge in [0, 0.05) is 19.1 Å². The van der Waals surface area contributed by atoms with E-state index in [2.05, 4.69) is 22.3 Å². The van der Waals surface area contributed by atoms with Crippen molar-refractivity contribution in [2.75, 3.05) is 25.9 Å². The molecule has 1 saturated carbocycles. The first kappa shape index (κ1) is 18.6. The number of amides is 1. The maximum absolute atomic E-state index is 12.8. The Bertz CT molecular complexity index is 487.